The number of amides is 1. The van der Waals surface area contributed by atoms with Crippen molar-refractivity contribution in [2.24, 2.45) is 0 Å². The molecule has 0 aromatic heterocycles. The van der Waals surface area contributed by atoms with Gasteiger partial charge in [-0.2, -0.15) is 0 Å². The Morgan fingerprint density at radius 1 is 1.25 bits per heavy atom. The molecule has 70 valence electrons. The highest BCUT2D eigenvalue weighted by molar-refractivity contribution is 14.1. The van der Waals surface area contributed by atoms with Crippen LogP contribution in [0.2, 0.25) is 0 Å². The molecule has 0 aliphatic heterocycles. The standard InChI is InChI=1S/C9H16INO/c10-7-9(12)11-8-5-3-1-2-4-6-8/h8H,1-7H2,(H,11,12). The number of rotatable bonds is 2. The molecule has 0 bridgehead atoms. The number of alkyl halides is 1. The fraction of sp³-hybridized carbons (Fsp3) is 0.889. The summed E-state index contributed by atoms with van der Waals surface area (Å²) in [5, 5.41) is 3.06. The lowest BCUT2D eigenvalue weighted by atomic mass is 10.1. The van der Waals surface area contributed by atoms with Gasteiger partial charge in [0.05, 0.1) is 4.43 Å². The zero-order valence-corrected chi connectivity index (χ0v) is 9.47. The summed E-state index contributed by atoms with van der Waals surface area (Å²) < 4.78 is 0.592. The van der Waals surface area contributed by atoms with Crippen LogP contribution >= 0.6 is 22.6 Å². The highest BCUT2D eigenvalue weighted by Crippen LogP contribution is 2.16. The summed E-state index contributed by atoms with van der Waals surface area (Å²) in [6.45, 7) is 0. The predicted molar refractivity (Wildman–Crippen MR) is 58.5 cm³/mol. The van der Waals surface area contributed by atoms with Gasteiger partial charge in [-0.25, -0.2) is 0 Å². The molecule has 0 aromatic rings. The quantitative estimate of drug-likeness (QED) is 0.469. The molecule has 2 nitrogen and oxygen atoms in total. The van der Waals surface area contributed by atoms with Crippen LogP contribution < -0.4 is 5.32 Å². The smallest absolute Gasteiger partial charge is 0.230 e. The van der Waals surface area contributed by atoms with Gasteiger partial charge in [0.15, 0.2) is 0 Å². The second-order valence-corrected chi connectivity index (χ2v) is 4.15. The summed E-state index contributed by atoms with van der Waals surface area (Å²) in [5.41, 5.74) is 0. The number of carbonyl (C=O) groups excluding carboxylic acids is 1. The van der Waals surface area contributed by atoms with Crippen LogP contribution in [0.5, 0.6) is 0 Å². The van der Waals surface area contributed by atoms with Gasteiger partial charge in [0, 0.05) is 6.04 Å². The van der Waals surface area contributed by atoms with Crippen molar-refractivity contribution in [3.63, 3.8) is 0 Å². The van der Waals surface area contributed by atoms with E-state index in [0.717, 1.165) is 0 Å². The molecule has 0 radical (unpaired) electrons. The van der Waals surface area contributed by atoms with Crippen molar-refractivity contribution in [1.29, 1.82) is 0 Å². The minimum Gasteiger partial charge on any atom is -0.353 e. The van der Waals surface area contributed by atoms with Crippen molar-refractivity contribution < 1.29 is 4.79 Å². The first-order valence-corrected chi connectivity index (χ1v) is 6.21. The molecule has 1 saturated carbocycles. The Labute approximate surface area is 87.6 Å². The zero-order valence-electron chi connectivity index (χ0n) is 7.31. The summed E-state index contributed by atoms with van der Waals surface area (Å²) in [4.78, 5) is 11.1. The molecular formula is C9H16INO. The third kappa shape index (κ3) is 3.74. The summed E-state index contributed by atoms with van der Waals surface area (Å²) in [5.74, 6) is 0.197. The lowest BCUT2D eigenvalue weighted by molar-refractivity contribution is -0.119. The number of hydrogen-bond acceptors (Lipinski definition) is 1. The third-order valence-electron chi connectivity index (χ3n) is 2.34. The summed E-state index contributed by atoms with van der Waals surface area (Å²) in [6.07, 6.45) is 7.62. The van der Waals surface area contributed by atoms with Crippen molar-refractivity contribution in [3.8, 4) is 0 Å². The second-order valence-electron chi connectivity index (χ2n) is 3.39. The van der Waals surface area contributed by atoms with Crippen LogP contribution in [0.3, 0.4) is 0 Å². The minimum atomic E-state index is 0.197. The molecule has 1 N–H and O–H groups in total. The summed E-state index contributed by atoms with van der Waals surface area (Å²) in [7, 11) is 0. The average molecular weight is 281 g/mol. The first-order valence-electron chi connectivity index (χ1n) is 4.68. The van der Waals surface area contributed by atoms with E-state index in [2.05, 4.69) is 27.9 Å². The Kier molecular flexibility index (Phi) is 4.95. The van der Waals surface area contributed by atoms with Crippen LogP contribution in [-0.4, -0.2) is 16.4 Å². The topological polar surface area (TPSA) is 29.1 Å². The van der Waals surface area contributed by atoms with Crippen molar-refractivity contribution in [1.82, 2.24) is 5.32 Å². The van der Waals surface area contributed by atoms with Gasteiger partial charge in [0.25, 0.3) is 0 Å². The number of carbonyl (C=O) groups is 1. The van der Waals surface area contributed by atoms with Crippen molar-refractivity contribution in [2.45, 2.75) is 44.6 Å². The van der Waals surface area contributed by atoms with Gasteiger partial charge >= 0.3 is 0 Å². The molecule has 1 rings (SSSR count). The Morgan fingerprint density at radius 2 is 1.83 bits per heavy atom. The van der Waals surface area contributed by atoms with E-state index in [1.165, 1.54) is 38.5 Å². The number of halogens is 1. The van der Waals surface area contributed by atoms with E-state index in [4.69, 9.17) is 0 Å². The van der Waals surface area contributed by atoms with Crippen LogP contribution in [0, 0.1) is 0 Å². The van der Waals surface area contributed by atoms with Gasteiger partial charge in [0.1, 0.15) is 0 Å². The van der Waals surface area contributed by atoms with Gasteiger partial charge in [-0.15, -0.1) is 0 Å². The predicted octanol–water partition coefficient (Wildman–Crippen LogP) is 2.26. The summed E-state index contributed by atoms with van der Waals surface area (Å²) >= 11 is 2.11. The normalized spacial score (nSPS) is 20.1. The van der Waals surface area contributed by atoms with Crippen LogP contribution in [0.1, 0.15) is 38.5 Å². The van der Waals surface area contributed by atoms with Crippen LogP contribution in [0.4, 0.5) is 0 Å². The lowest BCUT2D eigenvalue weighted by Crippen LogP contribution is -2.34. The van der Waals surface area contributed by atoms with E-state index in [1.807, 2.05) is 0 Å². The molecule has 1 fully saturated rings. The molecule has 1 aliphatic rings. The third-order valence-corrected chi connectivity index (χ3v) is 3.03. The van der Waals surface area contributed by atoms with E-state index in [9.17, 15) is 4.79 Å². The largest absolute Gasteiger partial charge is 0.353 e. The molecule has 0 heterocycles. The van der Waals surface area contributed by atoms with E-state index >= 15 is 0 Å². The van der Waals surface area contributed by atoms with Crippen molar-refractivity contribution >= 4 is 28.5 Å². The maximum atomic E-state index is 11.1. The van der Waals surface area contributed by atoms with Gasteiger partial charge < -0.3 is 5.32 Å². The van der Waals surface area contributed by atoms with Gasteiger partial charge in [-0.3, -0.25) is 4.79 Å². The van der Waals surface area contributed by atoms with Crippen LogP contribution in [0.25, 0.3) is 0 Å². The maximum absolute atomic E-state index is 11.1. The molecule has 0 spiro atoms. The Hall–Kier alpha value is 0.200. The van der Waals surface area contributed by atoms with Gasteiger partial charge in [-0.05, 0) is 12.8 Å². The van der Waals surface area contributed by atoms with Crippen LogP contribution in [-0.2, 0) is 4.79 Å². The second kappa shape index (κ2) is 5.78. The van der Waals surface area contributed by atoms with E-state index in [-0.39, 0.29) is 5.91 Å². The molecular weight excluding hydrogens is 265 g/mol. The van der Waals surface area contributed by atoms with Crippen molar-refractivity contribution in [2.75, 3.05) is 4.43 Å². The highest BCUT2D eigenvalue weighted by Gasteiger charge is 2.13. The Bertz CT molecular complexity index is 141. The minimum absolute atomic E-state index is 0.197. The van der Waals surface area contributed by atoms with Gasteiger partial charge in [0.2, 0.25) is 5.91 Å². The molecule has 0 saturated heterocycles. The molecule has 0 aromatic carbocycles. The molecule has 3 heteroatoms. The fourth-order valence-electron chi connectivity index (χ4n) is 1.69. The SMILES string of the molecule is O=C(CI)NC1CCCCCC1. The first kappa shape index (κ1) is 10.3. The number of nitrogens with one attached hydrogen (secondary N) is 1. The lowest BCUT2D eigenvalue weighted by Gasteiger charge is -2.14. The molecule has 1 amide bonds. The average Bonchev–Trinajstić information content (AvgIpc) is 2.33. The molecule has 1 aliphatic carbocycles. The zero-order chi connectivity index (χ0) is 8.81. The van der Waals surface area contributed by atoms with E-state index in [0.29, 0.717) is 10.5 Å². The number of hydrogen-bond donors (Lipinski definition) is 1. The monoisotopic (exact) mass is 281 g/mol. The molecule has 0 atom stereocenters. The van der Waals surface area contributed by atoms with E-state index in [1.54, 1.807) is 0 Å². The first-order chi connectivity index (χ1) is 5.83. The molecule has 0 unspecified atom stereocenters. The summed E-state index contributed by atoms with van der Waals surface area (Å²) in [6, 6.07) is 0.467. The van der Waals surface area contributed by atoms with Gasteiger partial charge in [-0.1, -0.05) is 48.3 Å². The molecule has 12 heavy (non-hydrogen) atoms. The fourth-order valence-corrected chi connectivity index (χ4v) is 1.91. The van der Waals surface area contributed by atoms with E-state index < -0.39 is 0 Å². The maximum Gasteiger partial charge on any atom is 0.230 e. The van der Waals surface area contributed by atoms with Crippen LogP contribution in [0.15, 0.2) is 0 Å². The highest BCUT2D eigenvalue weighted by atomic mass is 127. The van der Waals surface area contributed by atoms with Crippen molar-refractivity contribution in [3.05, 3.63) is 0 Å². The Balaban J connectivity index is 2.24. The Morgan fingerprint density at radius 3 is 2.33 bits per heavy atom.